The highest BCUT2D eigenvalue weighted by atomic mass is 16.7. The molecule has 3 fully saturated rings. The summed E-state index contributed by atoms with van der Waals surface area (Å²) in [5.41, 5.74) is -13.3. The second kappa shape index (κ2) is 16.9. The lowest BCUT2D eigenvalue weighted by atomic mass is 9.45. The first kappa shape index (κ1) is 46.5. The van der Waals surface area contributed by atoms with Crippen LogP contribution in [-0.2, 0) is 77.8 Å². The fraction of sp³-hybridized carbons (Fsp3) is 0.558. The monoisotopic (exact) mass is 883 g/mol. The summed E-state index contributed by atoms with van der Waals surface area (Å²) in [4.78, 5) is 113. The highest BCUT2D eigenvalue weighted by Gasteiger charge is 2.92. The number of cyclic esters (lactones) is 1. The number of hydrogen-bond acceptors (Lipinski definition) is 20. The van der Waals surface area contributed by atoms with Gasteiger partial charge in [0.2, 0.25) is 0 Å². The van der Waals surface area contributed by atoms with Gasteiger partial charge in [0, 0.05) is 40.8 Å². The van der Waals surface area contributed by atoms with Crippen molar-refractivity contribution in [3.63, 3.8) is 0 Å². The third-order valence-electron chi connectivity index (χ3n) is 12.2. The number of fused-ring (bicyclic) bond motifs is 5. The molecule has 1 aromatic carbocycles. The summed E-state index contributed by atoms with van der Waals surface area (Å²) in [7, 11) is 0. The molecule has 2 aromatic rings. The number of carbonyl (C=O) groups is 8. The minimum Gasteiger partial charge on any atom is -0.465 e. The molecule has 0 radical (unpaired) electrons. The highest BCUT2D eigenvalue weighted by Crippen LogP contribution is 2.70. The molecule has 4 aliphatic rings. The number of aromatic nitrogens is 1. The molecule has 12 atom stereocenters. The second-order valence-corrected chi connectivity index (χ2v) is 16.7. The molecule has 1 saturated heterocycles. The number of hydrogen-bond donors (Lipinski definition) is 2. The smallest absolute Gasteiger partial charge is 0.340 e. The molecule has 20 nitrogen and oxygen atoms in total. The topological polar surface area (TPSA) is 273 Å². The van der Waals surface area contributed by atoms with E-state index in [2.05, 4.69) is 4.98 Å². The lowest BCUT2D eigenvalue weighted by molar-refractivity contribution is -0.386. The van der Waals surface area contributed by atoms with E-state index in [0.29, 0.717) is 0 Å². The number of aryl methyl sites for hydroxylation is 1. The number of rotatable bonds is 8. The van der Waals surface area contributed by atoms with Crippen LogP contribution in [0.25, 0.3) is 0 Å². The summed E-state index contributed by atoms with van der Waals surface area (Å²) in [6.45, 7) is 6.37. The van der Waals surface area contributed by atoms with Crippen molar-refractivity contribution in [3.8, 4) is 0 Å². The van der Waals surface area contributed by atoms with E-state index in [4.69, 9.17) is 42.6 Å². The summed E-state index contributed by atoms with van der Waals surface area (Å²) < 4.78 is 54.9. The van der Waals surface area contributed by atoms with E-state index in [1.807, 2.05) is 0 Å². The van der Waals surface area contributed by atoms with Crippen molar-refractivity contribution in [2.75, 3.05) is 13.2 Å². The maximum Gasteiger partial charge on any atom is 0.340 e. The van der Waals surface area contributed by atoms with Gasteiger partial charge in [-0.05, 0) is 57.9 Å². The average molecular weight is 884 g/mol. The molecule has 2 saturated carbocycles. The van der Waals surface area contributed by atoms with Crippen LogP contribution in [0.5, 0.6) is 0 Å². The molecular weight excluding hydrogens is 834 g/mol. The normalized spacial score (nSPS) is 35.8. The molecule has 63 heavy (non-hydrogen) atoms. The maximum absolute atomic E-state index is 14.5. The molecule has 3 heterocycles. The van der Waals surface area contributed by atoms with Gasteiger partial charge >= 0.3 is 47.8 Å². The summed E-state index contributed by atoms with van der Waals surface area (Å²) in [5.74, 6) is -10.5. The molecule has 340 valence electrons. The predicted molar refractivity (Wildman–Crippen MR) is 207 cm³/mol. The second-order valence-electron chi connectivity index (χ2n) is 16.7. The number of nitrogens with zero attached hydrogens (tertiary/aromatic N) is 1. The van der Waals surface area contributed by atoms with E-state index in [-0.39, 0.29) is 23.2 Å². The zero-order chi connectivity index (χ0) is 46.4. The van der Waals surface area contributed by atoms with Crippen molar-refractivity contribution in [1.29, 1.82) is 0 Å². The molecule has 4 bridgehead atoms. The summed E-state index contributed by atoms with van der Waals surface area (Å²) in [6, 6.07) is 10.1. The Labute approximate surface area is 360 Å². The molecule has 2 aliphatic heterocycles. The van der Waals surface area contributed by atoms with Gasteiger partial charge in [-0.2, -0.15) is 0 Å². The molecule has 6 rings (SSSR count). The van der Waals surface area contributed by atoms with Crippen LogP contribution < -0.4 is 0 Å². The standard InChI is InChI=1S/C43H49NO19/c1-21(45)55-20-42-34(59-24(4)48)30(57-22(2)46)29-32(58-23(3)47)43(42)41(8,54)33(31(35(42)60-25(5)49)61-36(50)26-13-10-9-11-14-26)62-38(52)39(6,53)17-16-28-27(15-12-18-44-28)37(51)56-19-40(29,7)63-43/h9-15,18,29-35,53-54H,16-17,19-20H2,1-8H3/t29-,30-,31+,32-,33+,34-,35+,39-,40+,41+,42-,43+/m0/s1. The fourth-order valence-electron chi connectivity index (χ4n) is 9.73. The van der Waals surface area contributed by atoms with Crippen LogP contribution in [0.2, 0.25) is 0 Å². The van der Waals surface area contributed by atoms with Gasteiger partial charge in [0.15, 0.2) is 35.6 Å². The van der Waals surface area contributed by atoms with Gasteiger partial charge in [0.1, 0.15) is 42.0 Å². The first-order valence-corrected chi connectivity index (χ1v) is 20.0. The molecule has 0 unspecified atom stereocenters. The van der Waals surface area contributed by atoms with E-state index in [0.717, 1.165) is 48.5 Å². The van der Waals surface area contributed by atoms with Crippen LogP contribution in [0, 0.1) is 11.3 Å². The lowest BCUT2D eigenvalue weighted by Crippen LogP contribution is -2.89. The Morgan fingerprint density at radius 1 is 0.746 bits per heavy atom. The number of carbonyl (C=O) groups excluding carboxylic acids is 8. The van der Waals surface area contributed by atoms with Crippen LogP contribution in [0.4, 0.5) is 0 Å². The Morgan fingerprint density at radius 2 is 1.33 bits per heavy atom. The first-order valence-electron chi connectivity index (χ1n) is 20.0. The van der Waals surface area contributed by atoms with Gasteiger partial charge in [-0.25, -0.2) is 14.4 Å². The summed E-state index contributed by atoms with van der Waals surface area (Å²) >= 11 is 0. The number of aliphatic hydroxyl groups is 2. The van der Waals surface area contributed by atoms with E-state index in [1.165, 1.54) is 49.5 Å². The SMILES string of the molecule is CC(=O)OC[C@]12[C@H](OC(C)=O)[C@H](OC(=O)c3ccccc3)[C@H]3OC(=O)[C@@](C)(O)CCc4ncccc4C(=O)OC[C@@]4(C)O[C@]1([C@@H](OC(C)=O)[C@@H]4[C@H](OC(C)=O)[C@@H]2OC(C)=O)[C@]3(C)O. The Balaban J connectivity index is 1.79. The zero-order valence-electron chi connectivity index (χ0n) is 35.8. The number of esters is 8. The van der Waals surface area contributed by atoms with Crippen LogP contribution in [0.15, 0.2) is 48.7 Å². The molecule has 2 N–H and O–H groups in total. The van der Waals surface area contributed by atoms with Crippen molar-refractivity contribution in [3.05, 3.63) is 65.5 Å². The molecule has 1 spiro atoms. The van der Waals surface area contributed by atoms with Crippen molar-refractivity contribution in [2.24, 2.45) is 11.3 Å². The van der Waals surface area contributed by atoms with Gasteiger partial charge in [-0.3, -0.25) is 29.0 Å². The third kappa shape index (κ3) is 7.99. The third-order valence-corrected chi connectivity index (χ3v) is 12.2. The summed E-state index contributed by atoms with van der Waals surface area (Å²) in [5, 5.41) is 25.4. The van der Waals surface area contributed by atoms with Crippen LogP contribution in [-0.4, -0.2) is 135 Å². The van der Waals surface area contributed by atoms with Gasteiger partial charge < -0.3 is 52.8 Å². The predicted octanol–water partition coefficient (Wildman–Crippen LogP) is 1.27. The molecular formula is C43H49NO19. The minimum atomic E-state index is -2.98. The Kier molecular flexibility index (Phi) is 12.5. The largest absolute Gasteiger partial charge is 0.465 e. The van der Waals surface area contributed by atoms with Crippen LogP contribution >= 0.6 is 0 Å². The maximum atomic E-state index is 14.5. The van der Waals surface area contributed by atoms with Crippen molar-refractivity contribution < 1.29 is 91.2 Å². The zero-order valence-corrected chi connectivity index (χ0v) is 35.8. The minimum absolute atomic E-state index is 0.0847. The Bertz CT molecular complexity index is 2190. The van der Waals surface area contributed by atoms with Gasteiger partial charge in [-0.15, -0.1) is 0 Å². The van der Waals surface area contributed by atoms with Gasteiger partial charge in [-0.1, -0.05) is 18.2 Å². The van der Waals surface area contributed by atoms with Crippen molar-refractivity contribution in [2.45, 2.75) is 127 Å². The van der Waals surface area contributed by atoms with E-state index in [1.54, 1.807) is 6.07 Å². The molecule has 0 amide bonds. The average Bonchev–Trinajstić information content (AvgIpc) is 3.42. The quantitative estimate of drug-likeness (QED) is 0.279. The highest BCUT2D eigenvalue weighted by molar-refractivity contribution is 5.91. The Morgan fingerprint density at radius 3 is 1.92 bits per heavy atom. The van der Waals surface area contributed by atoms with Crippen molar-refractivity contribution in [1.82, 2.24) is 4.98 Å². The molecule has 1 aromatic heterocycles. The van der Waals surface area contributed by atoms with Gasteiger partial charge in [0.05, 0.1) is 22.7 Å². The Hall–Kier alpha value is -5.99. The van der Waals surface area contributed by atoms with Crippen LogP contribution in [0.3, 0.4) is 0 Å². The number of ether oxygens (including phenoxy) is 9. The van der Waals surface area contributed by atoms with E-state index >= 15 is 0 Å². The van der Waals surface area contributed by atoms with Crippen molar-refractivity contribution >= 4 is 47.8 Å². The fourth-order valence-corrected chi connectivity index (χ4v) is 9.73. The van der Waals surface area contributed by atoms with Gasteiger partial charge in [0.25, 0.3) is 0 Å². The molecule has 2 aliphatic carbocycles. The van der Waals surface area contributed by atoms with Crippen LogP contribution in [0.1, 0.15) is 88.2 Å². The van der Waals surface area contributed by atoms with E-state index in [9.17, 15) is 48.6 Å². The lowest BCUT2D eigenvalue weighted by Gasteiger charge is -2.67. The number of pyridine rings is 1. The number of benzene rings is 1. The first-order chi connectivity index (χ1) is 29.4. The van der Waals surface area contributed by atoms with E-state index < -0.39 is 138 Å². The molecule has 20 heteroatoms. The summed E-state index contributed by atoms with van der Waals surface area (Å²) in [6.07, 6.45) is -12.0.